The lowest BCUT2D eigenvalue weighted by Crippen LogP contribution is -1.83. The van der Waals surface area contributed by atoms with Crippen LogP contribution in [0, 0.1) is 23.7 Å². The van der Waals surface area contributed by atoms with Crippen molar-refractivity contribution in [3.8, 4) is 23.7 Å². The lowest BCUT2D eigenvalue weighted by Gasteiger charge is -1.96. The van der Waals surface area contributed by atoms with Crippen LogP contribution in [-0.2, 0) is 12.8 Å². The zero-order chi connectivity index (χ0) is 15.3. The Morgan fingerprint density at radius 3 is 1.36 bits per heavy atom. The molecule has 0 heterocycles. The minimum atomic E-state index is 0.924. The Bertz CT molecular complexity index is 584. The van der Waals surface area contributed by atoms with Crippen molar-refractivity contribution in [1.82, 2.24) is 0 Å². The number of unbranched alkanes of at least 4 members (excludes halogenated alkanes) is 2. The van der Waals surface area contributed by atoms with Crippen molar-refractivity contribution in [1.29, 1.82) is 0 Å². The van der Waals surface area contributed by atoms with Gasteiger partial charge in [-0.05, 0) is 48.7 Å². The first-order valence-corrected chi connectivity index (χ1v) is 7.99. The molecule has 110 valence electrons. The normalized spacial score (nSPS) is 9.27. The molecule has 0 amide bonds. The Labute approximate surface area is 134 Å². The maximum absolute atomic E-state index is 3.14. The van der Waals surface area contributed by atoms with Gasteiger partial charge in [-0.25, -0.2) is 0 Å². The van der Waals surface area contributed by atoms with E-state index in [4.69, 9.17) is 0 Å². The summed E-state index contributed by atoms with van der Waals surface area (Å²) in [6, 6.07) is 21.1. The highest BCUT2D eigenvalue weighted by Gasteiger charge is 1.90. The number of hydrogen-bond donors (Lipinski definition) is 0. The molecule has 2 aromatic rings. The summed E-state index contributed by atoms with van der Waals surface area (Å²) in [5.74, 6) is 12.2. The highest BCUT2D eigenvalue weighted by atomic mass is 13.9. The molecule has 0 N–H and O–H groups in total. The summed E-state index contributed by atoms with van der Waals surface area (Å²) in [6.45, 7) is 0. The molecule has 0 fully saturated rings. The van der Waals surface area contributed by atoms with Crippen LogP contribution in [0.5, 0.6) is 0 Å². The molecule has 0 aliphatic carbocycles. The second-order valence-electron chi connectivity index (χ2n) is 5.28. The van der Waals surface area contributed by atoms with E-state index in [2.05, 4.69) is 84.3 Å². The summed E-state index contributed by atoms with van der Waals surface area (Å²) >= 11 is 0. The van der Waals surface area contributed by atoms with Crippen LogP contribution in [-0.4, -0.2) is 0 Å². The average Bonchev–Trinajstić information content (AvgIpc) is 2.58. The lowest BCUT2D eigenvalue weighted by atomic mass is 10.1. The van der Waals surface area contributed by atoms with Gasteiger partial charge in [-0.1, -0.05) is 72.5 Å². The fraction of sp³-hybridized carbons (Fsp3) is 0.273. The Morgan fingerprint density at radius 1 is 0.545 bits per heavy atom. The van der Waals surface area contributed by atoms with Gasteiger partial charge in [-0.3, -0.25) is 0 Å². The quantitative estimate of drug-likeness (QED) is 0.515. The molecule has 0 spiro atoms. The highest BCUT2D eigenvalue weighted by Crippen LogP contribution is 2.04. The minimum Gasteiger partial charge on any atom is -0.0891 e. The van der Waals surface area contributed by atoms with E-state index in [0.29, 0.717) is 0 Å². The molecular formula is C22H22. The monoisotopic (exact) mass is 286 g/mol. The van der Waals surface area contributed by atoms with E-state index in [1.54, 1.807) is 0 Å². The van der Waals surface area contributed by atoms with E-state index in [1.165, 1.54) is 11.1 Å². The van der Waals surface area contributed by atoms with Gasteiger partial charge in [0.25, 0.3) is 0 Å². The van der Waals surface area contributed by atoms with Crippen molar-refractivity contribution in [2.24, 2.45) is 0 Å². The van der Waals surface area contributed by atoms with Gasteiger partial charge in [0.2, 0.25) is 0 Å². The van der Waals surface area contributed by atoms with E-state index in [9.17, 15) is 0 Å². The fourth-order valence-corrected chi connectivity index (χ4v) is 2.26. The number of rotatable bonds is 6. The minimum absolute atomic E-state index is 0.924. The SMILES string of the molecule is C(C#CCCCc1ccccc1)#CCCCc1ccccc1. The second-order valence-corrected chi connectivity index (χ2v) is 5.28. The van der Waals surface area contributed by atoms with Crippen LogP contribution in [0.25, 0.3) is 0 Å². The number of benzene rings is 2. The third kappa shape index (κ3) is 6.83. The highest BCUT2D eigenvalue weighted by molar-refractivity contribution is 5.26. The summed E-state index contributed by atoms with van der Waals surface area (Å²) < 4.78 is 0. The predicted molar refractivity (Wildman–Crippen MR) is 94.3 cm³/mol. The molecule has 0 aliphatic heterocycles. The fourth-order valence-electron chi connectivity index (χ4n) is 2.26. The molecule has 0 nitrogen and oxygen atoms in total. The largest absolute Gasteiger partial charge is 0.0891 e. The summed E-state index contributed by atoms with van der Waals surface area (Å²) in [5, 5.41) is 0. The van der Waals surface area contributed by atoms with Crippen molar-refractivity contribution < 1.29 is 0 Å². The smallest absolute Gasteiger partial charge is 0.0102 e. The molecule has 22 heavy (non-hydrogen) atoms. The predicted octanol–water partition coefficient (Wildman–Crippen LogP) is 5.04. The van der Waals surface area contributed by atoms with Gasteiger partial charge in [0.05, 0.1) is 0 Å². The zero-order valence-electron chi connectivity index (χ0n) is 13.0. The molecule has 0 unspecified atom stereocenters. The Morgan fingerprint density at radius 2 is 0.955 bits per heavy atom. The van der Waals surface area contributed by atoms with Crippen LogP contribution in [0.15, 0.2) is 60.7 Å². The first kappa shape index (κ1) is 15.9. The van der Waals surface area contributed by atoms with Crippen LogP contribution in [0.4, 0.5) is 0 Å². The molecule has 0 saturated carbocycles. The van der Waals surface area contributed by atoms with Crippen molar-refractivity contribution in [2.75, 3.05) is 0 Å². The Balaban J connectivity index is 1.55. The standard InChI is InChI=1S/C22H22/c1(3-5-9-15-21-17-11-7-12-18-21)2-4-6-10-16-22-19-13-8-14-20-22/h7-8,11-14,17-20H,5-6,9-10,15-16H2. The van der Waals surface area contributed by atoms with Gasteiger partial charge in [-0.2, -0.15) is 0 Å². The third-order valence-corrected chi connectivity index (χ3v) is 3.46. The van der Waals surface area contributed by atoms with Crippen LogP contribution >= 0.6 is 0 Å². The van der Waals surface area contributed by atoms with E-state index in [0.717, 1.165) is 38.5 Å². The summed E-state index contributed by atoms with van der Waals surface area (Å²) in [5.41, 5.74) is 2.77. The number of aryl methyl sites for hydroxylation is 2. The molecule has 0 atom stereocenters. The van der Waals surface area contributed by atoms with Crippen LogP contribution < -0.4 is 0 Å². The maximum Gasteiger partial charge on any atom is 0.0102 e. The first-order chi connectivity index (χ1) is 10.9. The molecule has 2 aromatic carbocycles. The van der Waals surface area contributed by atoms with Crippen molar-refractivity contribution in [3.63, 3.8) is 0 Å². The van der Waals surface area contributed by atoms with E-state index in [1.807, 2.05) is 0 Å². The Hall–Kier alpha value is -2.44. The first-order valence-electron chi connectivity index (χ1n) is 7.99. The lowest BCUT2D eigenvalue weighted by molar-refractivity contribution is 0.857. The van der Waals surface area contributed by atoms with E-state index >= 15 is 0 Å². The summed E-state index contributed by atoms with van der Waals surface area (Å²) in [4.78, 5) is 0. The molecule has 0 aliphatic rings. The van der Waals surface area contributed by atoms with Crippen molar-refractivity contribution in [3.05, 3.63) is 71.8 Å². The number of hydrogen-bond acceptors (Lipinski definition) is 0. The maximum atomic E-state index is 3.14. The topological polar surface area (TPSA) is 0 Å². The molecule has 0 heteroatoms. The average molecular weight is 286 g/mol. The second kappa shape index (κ2) is 10.3. The summed E-state index contributed by atoms with van der Waals surface area (Å²) in [6.07, 6.45) is 6.25. The van der Waals surface area contributed by atoms with Crippen LogP contribution in [0.2, 0.25) is 0 Å². The van der Waals surface area contributed by atoms with Gasteiger partial charge in [0.1, 0.15) is 0 Å². The zero-order valence-corrected chi connectivity index (χ0v) is 13.0. The van der Waals surface area contributed by atoms with Crippen LogP contribution in [0.3, 0.4) is 0 Å². The molecule has 2 rings (SSSR count). The van der Waals surface area contributed by atoms with Gasteiger partial charge in [0, 0.05) is 12.8 Å². The molecule has 0 saturated heterocycles. The van der Waals surface area contributed by atoms with Gasteiger partial charge in [-0.15, -0.1) is 0 Å². The van der Waals surface area contributed by atoms with Crippen LogP contribution in [0.1, 0.15) is 36.8 Å². The van der Waals surface area contributed by atoms with Crippen molar-refractivity contribution >= 4 is 0 Å². The van der Waals surface area contributed by atoms with Gasteiger partial charge >= 0.3 is 0 Å². The van der Waals surface area contributed by atoms with Crippen molar-refractivity contribution in [2.45, 2.75) is 38.5 Å². The third-order valence-electron chi connectivity index (χ3n) is 3.46. The van der Waals surface area contributed by atoms with E-state index in [-0.39, 0.29) is 0 Å². The Kier molecular flexibility index (Phi) is 7.47. The van der Waals surface area contributed by atoms with E-state index < -0.39 is 0 Å². The van der Waals surface area contributed by atoms with Gasteiger partial charge < -0.3 is 0 Å². The summed E-state index contributed by atoms with van der Waals surface area (Å²) in [7, 11) is 0. The van der Waals surface area contributed by atoms with Gasteiger partial charge in [0.15, 0.2) is 0 Å². The molecular weight excluding hydrogens is 264 g/mol. The molecule has 0 aromatic heterocycles. The molecule has 0 radical (unpaired) electrons. The molecule has 0 bridgehead atoms.